The molecule has 2 aromatic rings. The van der Waals surface area contributed by atoms with Crippen LogP contribution in [-0.2, 0) is 0 Å². The molecular formula is C11H7ClN2O2. The van der Waals surface area contributed by atoms with Crippen LogP contribution < -0.4 is 0 Å². The summed E-state index contributed by atoms with van der Waals surface area (Å²) in [6.07, 6.45) is 0. The Morgan fingerprint density at radius 1 is 1.12 bits per heavy atom. The fourth-order valence-corrected chi connectivity index (χ4v) is 1.49. The van der Waals surface area contributed by atoms with E-state index >= 15 is 0 Å². The maximum absolute atomic E-state index is 10.6. The quantitative estimate of drug-likeness (QED) is 0.867. The molecule has 1 aromatic carbocycles. The molecule has 1 heterocycles. The molecule has 0 saturated heterocycles. The van der Waals surface area contributed by atoms with E-state index in [1.807, 2.05) is 12.1 Å². The molecule has 0 saturated carbocycles. The van der Waals surface area contributed by atoms with Gasteiger partial charge in [-0.05, 0) is 18.2 Å². The molecule has 16 heavy (non-hydrogen) atoms. The zero-order valence-electron chi connectivity index (χ0n) is 8.09. The van der Waals surface area contributed by atoms with Gasteiger partial charge < -0.3 is 5.11 Å². The first-order valence-electron chi connectivity index (χ1n) is 4.50. The molecule has 0 unspecified atom stereocenters. The van der Waals surface area contributed by atoms with Crippen LogP contribution in [-0.4, -0.2) is 21.3 Å². The van der Waals surface area contributed by atoms with Gasteiger partial charge in [0.15, 0.2) is 5.69 Å². The van der Waals surface area contributed by atoms with Crippen LogP contribution >= 0.6 is 11.6 Å². The molecule has 0 spiro atoms. The number of carbonyl (C=O) groups is 1. The first-order valence-corrected chi connectivity index (χ1v) is 4.88. The third kappa shape index (κ3) is 2.01. The first kappa shape index (κ1) is 10.6. The summed E-state index contributed by atoms with van der Waals surface area (Å²) in [5, 5.41) is 16.6. The Balaban J connectivity index is 2.43. The molecule has 1 N–H and O–H groups in total. The van der Waals surface area contributed by atoms with Gasteiger partial charge >= 0.3 is 5.97 Å². The summed E-state index contributed by atoms with van der Waals surface area (Å²) in [6.45, 7) is 0. The van der Waals surface area contributed by atoms with Crippen molar-refractivity contribution in [1.82, 2.24) is 10.2 Å². The molecule has 0 atom stereocenters. The molecule has 0 radical (unpaired) electrons. The van der Waals surface area contributed by atoms with Crippen LogP contribution in [0.3, 0.4) is 0 Å². The lowest BCUT2D eigenvalue weighted by atomic mass is 10.1. The monoisotopic (exact) mass is 234 g/mol. The molecule has 0 aliphatic rings. The number of carboxylic acids is 1. The number of benzene rings is 1. The smallest absolute Gasteiger partial charge is 0.356 e. The van der Waals surface area contributed by atoms with Crippen molar-refractivity contribution in [2.75, 3.05) is 0 Å². The van der Waals surface area contributed by atoms with E-state index in [0.717, 1.165) is 5.56 Å². The number of halogens is 1. The lowest BCUT2D eigenvalue weighted by Crippen LogP contribution is -2.02. The molecule has 0 aliphatic heterocycles. The molecule has 2 rings (SSSR count). The number of carboxylic acid groups (broad SMARTS) is 1. The Hall–Kier alpha value is -1.94. The Kier molecular flexibility index (Phi) is 2.83. The van der Waals surface area contributed by atoms with Crippen LogP contribution in [0.2, 0.25) is 5.02 Å². The Morgan fingerprint density at radius 3 is 2.44 bits per heavy atom. The Bertz CT molecular complexity index is 526. The normalized spacial score (nSPS) is 10.1. The highest BCUT2D eigenvalue weighted by molar-refractivity contribution is 6.33. The molecule has 0 aliphatic carbocycles. The summed E-state index contributed by atoms with van der Waals surface area (Å²) in [5.41, 5.74) is 1.19. The largest absolute Gasteiger partial charge is 0.476 e. The number of nitrogens with zero attached hydrogens (tertiary/aromatic N) is 2. The summed E-state index contributed by atoms with van der Waals surface area (Å²) in [4.78, 5) is 10.6. The van der Waals surface area contributed by atoms with Crippen LogP contribution in [0.15, 0.2) is 36.4 Å². The van der Waals surface area contributed by atoms with Crippen molar-refractivity contribution in [3.8, 4) is 11.3 Å². The average molecular weight is 235 g/mol. The summed E-state index contributed by atoms with van der Waals surface area (Å²) < 4.78 is 0. The van der Waals surface area contributed by atoms with Crippen LogP contribution in [0, 0.1) is 0 Å². The molecule has 5 heteroatoms. The number of aromatic carboxylic acids is 1. The van der Waals surface area contributed by atoms with Crippen molar-refractivity contribution in [1.29, 1.82) is 0 Å². The Labute approximate surface area is 96.5 Å². The standard InChI is InChI=1S/C11H7ClN2O2/c12-8-4-2-1-3-7(8)9-5-6-10(11(15)16)14-13-9/h1-6H,(H,15,16). The zero-order chi connectivity index (χ0) is 11.5. The van der Waals surface area contributed by atoms with Gasteiger partial charge in [0.25, 0.3) is 0 Å². The van der Waals surface area contributed by atoms with Crippen molar-refractivity contribution in [2.24, 2.45) is 0 Å². The van der Waals surface area contributed by atoms with Crippen molar-refractivity contribution < 1.29 is 9.90 Å². The predicted octanol–water partition coefficient (Wildman–Crippen LogP) is 2.50. The fraction of sp³-hybridized carbons (Fsp3) is 0. The molecule has 1 aromatic heterocycles. The van der Waals surface area contributed by atoms with E-state index in [9.17, 15) is 4.79 Å². The van der Waals surface area contributed by atoms with E-state index in [2.05, 4.69) is 10.2 Å². The minimum Gasteiger partial charge on any atom is -0.476 e. The lowest BCUT2D eigenvalue weighted by molar-refractivity contribution is 0.0689. The first-order chi connectivity index (χ1) is 7.68. The van der Waals surface area contributed by atoms with Crippen LogP contribution in [0.25, 0.3) is 11.3 Å². The molecule has 0 fully saturated rings. The highest BCUT2D eigenvalue weighted by Crippen LogP contribution is 2.25. The lowest BCUT2D eigenvalue weighted by Gasteiger charge is -2.02. The SMILES string of the molecule is O=C(O)c1ccc(-c2ccccc2Cl)nn1. The van der Waals surface area contributed by atoms with Gasteiger partial charge in [-0.2, -0.15) is 0 Å². The molecule has 80 valence electrons. The van der Waals surface area contributed by atoms with Crippen LogP contribution in [0.5, 0.6) is 0 Å². The maximum Gasteiger partial charge on any atom is 0.356 e. The van der Waals surface area contributed by atoms with Gasteiger partial charge in [0.2, 0.25) is 0 Å². The van der Waals surface area contributed by atoms with Crippen LogP contribution in [0.1, 0.15) is 10.5 Å². The third-order valence-electron chi connectivity index (χ3n) is 2.03. The molecule has 4 nitrogen and oxygen atoms in total. The van der Waals surface area contributed by atoms with E-state index in [-0.39, 0.29) is 5.69 Å². The van der Waals surface area contributed by atoms with Gasteiger partial charge in [0, 0.05) is 5.56 Å². The van der Waals surface area contributed by atoms with E-state index in [4.69, 9.17) is 16.7 Å². The minimum atomic E-state index is -1.10. The average Bonchev–Trinajstić information content (AvgIpc) is 2.30. The predicted molar refractivity (Wildman–Crippen MR) is 59.4 cm³/mol. The number of hydrogen-bond acceptors (Lipinski definition) is 3. The van der Waals surface area contributed by atoms with Crippen molar-refractivity contribution in [2.45, 2.75) is 0 Å². The maximum atomic E-state index is 10.6. The summed E-state index contributed by atoms with van der Waals surface area (Å²) >= 11 is 5.98. The summed E-state index contributed by atoms with van der Waals surface area (Å²) in [6, 6.07) is 10.2. The van der Waals surface area contributed by atoms with Crippen molar-refractivity contribution >= 4 is 17.6 Å². The van der Waals surface area contributed by atoms with Crippen molar-refractivity contribution in [3.63, 3.8) is 0 Å². The topological polar surface area (TPSA) is 63.1 Å². The fourth-order valence-electron chi connectivity index (χ4n) is 1.26. The second-order valence-corrected chi connectivity index (χ2v) is 3.50. The number of rotatable bonds is 2. The van der Waals surface area contributed by atoms with Gasteiger partial charge in [0.1, 0.15) is 0 Å². The highest BCUT2D eigenvalue weighted by atomic mass is 35.5. The molecular weight excluding hydrogens is 228 g/mol. The van der Waals surface area contributed by atoms with Gasteiger partial charge in [-0.25, -0.2) is 4.79 Å². The zero-order valence-corrected chi connectivity index (χ0v) is 8.85. The summed E-state index contributed by atoms with van der Waals surface area (Å²) in [7, 11) is 0. The Morgan fingerprint density at radius 2 is 1.88 bits per heavy atom. The molecule has 0 bridgehead atoms. The van der Waals surface area contributed by atoms with Gasteiger partial charge in [0.05, 0.1) is 10.7 Å². The van der Waals surface area contributed by atoms with E-state index in [0.29, 0.717) is 10.7 Å². The van der Waals surface area contributed by atoms with Crippen LogP contribution in [0.4, 0.5) is 0 Å². The van der Waals surface area contributed by atoms with E-state index in [1.54, 1.807) is 18.2 Å². The minimum absolute atomic E-state index is 0.0872. The third-order valence-corrected chi connectivity index (χ3v) is 2.36. The van der Waals surface area contributed by atoms with E-state index in [1.165, 1.54) is 6.07 Å². The van der Waals surface area contributed by atoms with Gasteiger partial charge in [-0.1, -0.05) is 29.8 Å². The van der Waals surface area contributed by atoms with Gasteiger partial charge in [-0.3, -0.25) is 0 Å². The van der Waals surface area contributed by atoms with Crippen molar-refractivity contribution in [3.05, 3.63) is 47.1 Å². The van der Waals surface area contributed by atoms with E-state index < -0.39 is 5.97 Å². The highest BCUT2D eigenvalue weighted by Gasteiger charge is 2.08. The number of aromatic nitrogens is 2. The van der Waals surface area contributed by atoms with Gasteiger partial charge in [-0.15, -0.1) is 10.2 Å². The summed E-state index contributed by atoms with van der Waals surface area (Å²) in [5.74, 6) is -1.10. The second kappa shape index (κ2) is 4.28. The number of hydrogen-bond donors (Lipinski definition) is 1. The molecule has 0 amide bonds. The second-order valence-electron chi connectivity index (χ2n) is 3.09.